The van der Waals surface area contributed by atoms with E-state index in [1.807, 2.05) is 0 Å². The van der Waals surface area contributed by atoms with Crippen LogP contribution in [0, 0.1) is 0 Å². The smallest absolute Gasteiger partial charge is 0.302 e. The molecule has 0 aliphatic carbocycles. The van der Waals surface area contributed by atoms with Gasteiger partial charge in [-0.15, -0.1) is 0 Å². The molecule has 0 bridgehead atoms. The number of esters is 1. The molecule has 0 aromatic carbocycles. The Hall–Kier alpha value is -0.0900. The maximum atomic E-state index is 9.82. The third kappa shape index (κ3) is 37.4. The summed E-state index contributed by atoms with van der Waals surface area (Å²) in [5.41, 5.74) is 0. The average Bonchev–Trinajstić information content (AvgIpc) is 2.54. The molecule has 0 N–H and O–H groups in total. The van der Waals surface area contributed by atoms with E-state index < -0.39 is 0 Å². The highest BCUT2D eigenvalue weighted by Gasteiger charge is 2.04. The third-order valence-corrected chi connectivity index (χ3v) is 4.53. The van der Waals surface area contributed by atoms with Gasteiger partial charge in [0.25, 0.3) is 0 Å². The number of hydrogen-bond acceptors (Lipinski definition) is 2. The molecule has 0 fully saturated rings. The molecule has 0 aliphatic heterocycles. The number of rotatable bonds is 16. The Kier molecular flexibility index (Phi) is 28.0. The third-order valence-electron chi connectivity index (χ3n) is 4.53. The van der Waals surface area contributed by atoms with E-state index in [-0.39, 0.29) is 23.0 Å². The van der Waals surface area contributed by atoms with Crippen molar-refractivity contribution in [2.75, 3.05) is 34.3 Å². The summed E-state index contributed by atoms with van der Waals surface area (Å²) in [5, 5.41) is 0. The van der Waals surface area contributed by atoms with Crippen molar-refractivity contribution in [3.05, 3.63) is 0 Å². The van der Waals surface area contributed by atoms with Crippen LogP contribution in [-0.2, 0) is 9.53 Å². The standard InChI is InChI=1S/C19H42N.C4H8O2.BrH/c1-5-6-7-8-9-10-11-12-13-14-15-16-17-18-19-20(2,3)4;1-3-6-4(2)5;/h5-19H2,1-4H3;3H2,1-2H3;1H/q+1;;/p-1. The van der Waals surface area contributed by atoms with Crippen LogP contribution in [0.25, 0.3) is 0 Å². The fourth-order valence-electron chi connectivity index (χ4n) is 2.98. The van der Waals surface area contributed by atoms with Gasteiger partial charge in [-0.25, -0.2) is 0 Å². The number of nitrogens with zero attached hydrogens (tertiary/aromatic N) is 1. The largest absolute Gasteiger partial charge is 1.00 e. The molecule has 0 amide bonds. The van der Waals surface area contributed by atoms with Crippen LogP contribution in [0.1, 0.15) is 111 Å². The highest BCUT2D eigenvalue weighted by molar-refractivity contribution is 5.65. The van der Waals surface area contributed by atoms with Crippen molar-refractivity contribution < 1.29 is 31.0 Å². The minimum atomic E-state index is -0.211. The van der Waals surface area contributed by atoms with Gasteiger partial charge < -0.3 is 26.2 Å². The van der Waals surface area contributed by atoms with Crippen LogP contribution in [0.3, 0.4) is 0 Å². The molecule has 0 aromatic heterocycles. The lowest BCUT2D eigenvalue weighted by Crippen LogP contribution is -3.00. The van der Waals surface area contributed by atoms with Crippen LogP contribution in [0.4, 0.5) is 0 Å². The van der Waals surface area contributed by atoms with Gasteiger partial charge >= 0.3 is 5.97 Å². The summed E-state index contributed by atoms with van der Waals surface area (Å²) in [6.45, 7) is 7.28. The van der Waals surface area contributed by atoms with E-state index in [1.165, 1.54) is 103 Å². The Labute approximate surface area is 182 Å². The van der Waals surface area contributed by atoms with Crippen molar-refractivity contribution in [1.29, 1.82) is 0 Å². The van der Waals surface area contributed by atoms with Crippen LogP contribution in [0.2, 0.25) is 0 Å². The lowest BCUT2D eigenvalue weighted by atomic mass is 10.0. The van der Waals surface area contributed by atoms with Crippen molar-refractivity contribution in [2.24, 2.45) is 0 Å². The molecule has 0 heterocycles. The normalized spacial score (nSPS) is 10.6. The van der Waals surface area contributed by atoms with E-state index in [0.29, 0.717) is 6.61 Å². The number of carbonyl (C=O) groups is 1. The van der Waals surface area contributed by atoms with Crippen molar-refractivity contribution in [2.45, 2.75) is 111 Å². The Morgan fingerprint density at radius 1 is 0.667 bits per heavy atom. The van der Waals surface area contributed by atoms with E-state index in [1.54, 1.807) is 6.92 Å². The first-order valence-electron chi connectivity index (χ1n) is 11.3. The van der Waals surface area contributed by atoms with Gasteiger partial charge in [-0.1, -0.05) is 84.0 Å². The second kappa shape index (κ2) is 23.9. The summed E-state index contributed by atoms with van der Waals surface area (Å²) < 4.78 is 5.53. The summed E-state index contributed by atoms with van der Waals surface area (Å²) >= 11 is 0. The molecule has 27 heavy (non-hydrogen) atoms. The van der Waals surface area contributed by atoms with Crippen LogP contribution in [-0.4, -0.2) is 44.7 Å². The van der Waals surface area contributed by atoms with Crippen molar-refractivity contribution in [3.8, 4) is 0 Å². The van der Waals surface area contributed by atoms with Gasteiger partial charge in [0.1, 0.15) is 0 Å². The Bertz CT molecular complexity index is 291. The van der Waals surface area contributed by atoms with Gasteiger partial charge in [0.05, 0.1) is 34.3 Å². The summed E-state index contributed by atoms with van der Waals surface area (Å²) in [6, 6.07) is 0. The van der Waals surface area contributed by atoms with Gasteiger partial charge in [-0.2, -0.15) is 0 Å². The maximum Gasteiger partial charge on any atom is 0.302 e. The monoisotopic (exact) mass is 451 g/mol. The lowest BCUT2D eigenvalue weighted by Gasteiger charge is -2.23. The molecule has 0 aromatic rings. The summed E-state index contributed by atoms with van der Waals surface area (Å²) in [7, 11) is 6.88. The molecule has 4 heteroatoms. The highest BCUT2D eigenvalue weighted by Crippen LogP contribution is 2.13. The van der Waals surface area contributed by atoms with E-state index >= 15 is 0 Å². The first-order valence-corrected chi connectivity index (χ1v) is 11.3. The van der Waals surface area contributed by atoms with Crippen molar-refractivity contribution in [1.82, 2.24) is 0 Å². The molecular formula is C23H50BrNO2. The number of quaternary nitrogens is 1. The lowest BCUT2D eigenvalue weighted by molar-refractivity contribution is -0.870. The molecule has 0 saturated carbocycles. The van der Waals surface area contributed by atoms with Crippen LogP contribution in [0.15, 0.2) is 0 Å². The zero-order chi connectivity index (χ0) is 20.1. The molecule has 0 atom stereocenters. The van der Waals surface area contributed by atoms with Crippen molar-refractivity contribution >= 4 is 5.97 Å². The number of carbonyl (C=O) groups excluding carboxylic acids is 1. The van der Waals surface area contributed by atoms with Crippen molar-refractivity contribution in [3.63, 3.8) is 0 Å². The molecule has 3 nitrogen and oxygen atoms in total. The van der Waals surface area contributed by atoms with Gasteiger partial charge in [0, 0.05) is 6.92 Å². The molecule has 0 rings (SSSR count). The van der Waals surface area contributed by atoms with Crippen LogP contribution < -0.4 is 17.0 Å². The molecule has 0 unspecified atom stereocenters. The second-order valence-corrected chi connectivity index (χ2v) is 8.53. The highest BCUT2D eigenvalue weighted by atomic mass is 79.9. The average molecular weight is 453 g/mol. The SMILES string of the molecule is CCCCCCCCCCCCCCCC[N+](C)(C)C.CCOC(C)=O.[Br-]. The quantitative estimate of drug-likeness (QED) is 0.203. The van der Waals surface area contributed by atoms with E-state index in [9.17, 15) is 4.79 Å². The molecule has 166 valence electrons. The van der Waals surface area contributed by atoms with Crippen LogP contribution >= 0.6 is 0 Å². The first-order chi connectivity index (χ1) is 12.3. The van der Waals surface area contributed by atoms with E-state index in [4.69, 9.17) is 0 Å². The molecule has 0 aliphatic rings. The first kappa shape index (κ1) is 31.6. The Morgan fingerprint density at radius 2 is 1.00 bits per heavy atom. The van der Waals surface area contributed by atoms with Gasteiger partial charge in [0.2, 0.25) is 0 Å². The molecular weight excluding hydrogens is 402 g/mol. The number of hydrogen-bond donors (Lipinski definition) is 0. The van der Waals surface area contributed by atoms with Gasteiger partial charge in [-0.3, -0.25) is 4.79 Å². The van der Waals surface area contributed by atoms with E-state index in [0.717, 1.165) is 4.48 Å². The predicted octanol–water partition coefficient (Wildman–Crippen LogP) is 3.75. The number of ether oxygens (including phenoxy) is 1. The Balaban J connectivity index is -0.000000709. The second-order valence-electron chi connectivity index (χ2n) is 8.53. The summed E-state index contributed by atoms with van der Waals surface area (Å²) in [5.74, 6) is -0.211. The molecule has 0 radical (unpaired) electrons. The summed E-state index contributed by atoms with van der Waals surface area (Å²) in [4.78, 5) is 9.82. The summed E-state index contributed by atoms with van der Waals surface area (Å²) in [6.07, 6.45) is 20.4. The maximum absolute atomic E-state index is 9.82. The minimum Gasteiger partial charge on any atom is -1.00 e. The molecule has 0 spiro atoms. The fraction of sp³-hybridized carbons (Fsp3) is 0.957. The van der Waals surface area contributed by atoms with Gasteiger partial charge in [0.15, 0.2) is 0 Å². The molecule has 0 saturated heterocycles. The zero-order valence-corrected chi connectivity index (χ0v) is 21.0. The van der Waals surface area contributed by atoms with Gasteiger partial charge in [-0.05, 0) is 19.8 Å². The zero-order valence-electron chi connectivity index (χ0n) is 19.5. The fourth-order valence-corrected chi connectivity index (χ4v) is 2.98. The Morgan fingerprint density at radius 3 is 1.22 bits per heavy atom. The van der Waals surface area contributed by atoms with Crippen LogP contribution in [0.5, 0.6) is 0 Å². The number of halogens is 1. The number of unbranched alkanes of at least 4 members (excludes halogenated alkanes) is 13. The minimum absolute atomic E-state index is 0. The van der Waals surface area contributed by atoms with E-state index in [2.05, 4.69) is 32.8 Å². The predicted molar refractivity (Wildman–Crippen MR) is 116 cm³/mol. The topological polar surface area (TPSA) is 26.3 Å².